The van der Waals surface area contributed by atoms with Crippen molar-refractivity contribution < 1.29 is 22.7 Å². The molecule has 0 aliphatic heterocycles. The minimum atomic E-state index is -3.82. The van der Waals surface area contributed by atoms with E-state index in [4.69, 9.17) is 4.74 Å². The number of para-hydroxylation sites is 1. The summed E-state index contributed by atoms with van der Waals surface area (Å²) in [5.41, 5.74) is 0.799. The van der Waals surface area contributed by atoms with E-state index in [-0.39, 0.29) is 34.1 Å². The zero-order valence-electron chi connectivity index (χ0n) is 17.8. The molecule has 2 aromatic rings. The second kappa shape index (κ2) is 9.49. The fourth-order valence-corrected chi connectivity index (χ4v) is 4.39. The van der Waals surface area contributed by atoms with Crippen LogP contribution >= 0.6 is 0 Å². The Hall–Kier alpha value is -2.91. The van der Waals surface area contributed by atoms with Crippen molar-refractivity contribution in [2.45, 2.75) is 37.6 Å². The van der Waals surface area contributed by atoms with E-state index in [0.717, 1.165) is 12.8 Å². The van der Waals surface area contributed by atoms with Crippen molar-refractivity contribution in [3.05, 3.63) is 53.6 Å². The summed E-state index contributed by atoms with van der Waals surface area (Å²) in [6.45, 7) is 4.48. The number of hydrogen-bond donors (Lipinski definition) is 3. The van der Waals surface area contributed by atoms with E-state index in [1.807, 2.05) is 13.8 Å². The number of carbonyl (C=O) groups excluding carboxylic acids is 2. The lowest BCUT2D eigenvalue weighted by atomic mass is 10.1. The second-order valence-corrected chi connectivity index (χ2v) is 9.55. The molecule has 9 heteroatoms. The van der Waals surface area contributed by atoms with Crippen LogP contribution in [0.3, 0.4) is 0 Å². The Labute approximate surface area is 182 Å². The van der Waals surface area contributed by atoms with Crippen molar-refractivity contribution in [3.63, 3.8) is 0 Å². The first-order valence-corrected chi connectivity index (χ1v) is 11.6. The summed E-state index contributed by atoms with van der Waals surface area (Å²) < 4.78 is 33.2. The lowest BCUT2D eigenvalue weighted by Gasteiger charge is -2.14. The first-order valence-electron chi connectivity index (χ1n) is 10.1. The highest BCUT2D eigenvalue weighted by Gasteiger charge is 2.30. The molecule has 166 valence electrons. The number of hydrogen-bond acceptors (Lipinski definition) is 5. The summed E-state index contributed by atoms with van der Waals surface area (Å²) in [5, 5.41) is 5.53. The molecule has 8 nitrogen and oxygen atoms in total. The average Bonchev–Trinajstić information content (AvgIpc) is 3.55. The van der Waals surface area contributed by atoms with Gasteiger partial charge in [-0.1, -0.05) is 26.0 Å². The van der Waals surface area contributed by atoms with Crippen LogP contribution in [0.15, 0.2) is 47.4 Å². The number of methoxy groups -OCH3 is 1. The predicted octanol–water partition coefficient (Wildman–Crippen LogP) is 2.77. The minimum Gasteiger partial charge on any atom is -0.495 e. The van der Waals surface area contributed by atoms with Gasteiger partial charge in [-0.05, 0) is 49.1 Å². The molecule has 31 heavy (non-hydrogen) atoms. The van der Waals surface area contributed by atoms with Crippen molar-refractivity contribution >= 4 is 27.5 Å². The van der Waals surface area contributed by atoms with E-state index in [0.29, 0.717) is 17.8 Å². The highest BCUT2D eigenvalue weighted by atomic mass is 32.2. The molecule has 1 fully saturated rings. The summed E-state index contributed by atoms with van der Waals surface area (Å²) in [4.78, 5) is 25.3. The summed E-state index contributed by atoms with van der Waals surface area (Å²) in [6.07, 6.45) is 1.58. The number of benzene rings is 2. The maximum absolute atomic E-state index is 12.9. The Bertz CT molecular complexity index is 1080. The normalized spacial score (nSPS) is 13.7. The molecule has 0 aromatic heterocycles. The predicted molar refractivity (Wildman–Crippen MR) is 118 cm³/mol. The van der Waals surface area contributed by atoms with Gasteiger partial charge >= 0.3 is 0 Å². The van der Waals surface area contributed by atoms with Crippen molar-refractivity contribution in [1.29, 1.82) is 0 Å². The monoisotopic (exact) mass is 445 g/mol. The van der Waals surface area contributed by atoms with Crippen LogP contribution < -0.4 is 20.1 Å². The molecule has 3 N–H and O–H groups in total. The van der Waals surface area contributed by atoms with Gasteiger partial charge in [-0.3, -0.25) is 9.59 Å². The Morgan fingerprint density at radius 1 is 1.10 bits per heavy atom. The molecule has 2 aromatic carbocycles. The Morgan fingerprint density at radius 2 is 1.81 bits per heavy atom. The Balaban J connectivity index is 1.84. The van der Waals surface area contributed by atoms with Gasteiger partial charge in [-0.2, -0.15) is 0 Å². The summed E-state index contributed by atoms with van der Waals surface area (Å²) in [5.74, 6) is -0.390. The highest BCUT2D eigenvalue weighted by Crippen LogP contribution is 2.28. The number of rotatable bonds is 9. The molecule has 0 unspecified atom stereocenters. The van der Waals surface area contributed by atoms with Crippen LogP contribution in [0.2, 0.25) is 0 Å². The largest absolute Gasteiger partial charge is 0.495 e. The van der Waals surface area contributed by atoms with Crippen LogP contribution in [-0.4, -0.2) is 39.9 Å². The molecule has 1 aliphatic carbocycles. The molecule has 0 heterocycles. The van der Waals surface area contributed by atoms with Crippen molar-refractivity contribution in [1.82, 2.24) is 10.0 Å². The minimum absolute atomic E-state index is 0.0802. The lowest BCUT2D eigenvalue weighted by molar-refractivity contribution is 0.0950. The zero-order valence-corrected chi connectivity index (χ0v) is 18.6. The van der Waals surface area contributed by atoms with Crippen LogP contribution in [0.5, 0.6) is 5.75 Å². The van der Waals surface area contributed by atoms with Crippen LogP contribution in [0, 0.1) is 5.92 Å². The molecule has 2 amide bonds. The number of carbonyl (C=O) groups is 2. The fourth-order valence-electron chi connectivity index (χ4n) is 2.89. The molecule has 0 spiro atoms. The SMILES string of the molecule is COc1ccc(C(=O)Nc2ccccc2C(=O)NCC(C)C)cc1S(=O)(=O)NC1CC1. The number of ether oxygens (including phenoxy) is 1. The van der Waals surface area contributed by atoms with Gasteiger partial charge in [0.1, 0.15) is 10.6 Å². The van der Waals surface area contributed by atoms with Crippen LogP contribution in [0.25, 0.3) is 0 Å². The number of sulfonamides is 1. The summed E-state index contributed by atoms with van der Waals surface area (Å²) in [7, 11) is -2.45. The molecular weight excluding hydrogens is 418 g/mol. The van der Waals surface area contributed by atoms with Gasteiger partial charge in [-0.15, -0.1) is 0 Å². The molecule has 1 aliphatic rings. The molecule has 0 atom stereocenters. The molecule has 1 saturated carbocycles. The van der Waals surface area contributed by atoms with Crippen molar-refractivity contribution in [3.8, 4) is 5.75 Å². The van der Waals surface area contributed by atoms with E-state index < -0.39 is 15.9 Å². The van der Waals surface area contributed by atoms with Crippen LogP contribution in [0.1, 0.15) is 47.4 Å². The molecule has 0 radical (unpaired) electrons. The third-order valence-corrected chi connectivity index (χ3v) is 6.25. The molecule has 0 saturated heterocycles. The highest BCUT2D eigenvalue weighted by molar-refractivity contribution is 7.89. The van der Waals surface area contributed by atoms with Gasteiger partial charge in [-0.25, -0.2) is 13.1 Å². The van der Waals surface area contributed by atoms with Gasteiger partial charge in [0.25, 0.3) is 11.8 Å². The number of amides is 2. The van der Waals surface area contributed by atoms with Crippen LogP contribution in [-0.2, 0) is 10.0 Å². The number of nitrogens with one attached hydrogen (secondary N) is 3. The lowest BCUT2D eigenvalue weighted by Crippen LogP contribution is -2.28. The van der Waals surface area contributed by atoms with Gasteiger partial charge in [0.15, 0.2) is 0 Å². The van der Waals surface area contributed by atoms with E-state index in [2.05, 4.69) is 15.4 Å². The Morgan fingerprint density at radius 3 is 2.45 bits per heavy atom. The first kappa shape index (κ1) is 22.8. The van der Waals surface area contributed by atoms with Gasteiger partial charge in [0, 0.05) is 18.2 Å². The van der Waals surface area contributed by atoms with Crippen molar-refractivity contribution in [2.24, 2.45) is 5.92 Å². The smallest absolute Gasteiger partial charge is 0.255 e. The van der Waals surface area contributed by atoms with Gasteiger partial charge in [0.05, 0.1) is 18.4 Å². The average molecular weight is 446 g/mol. The molecule has 3 rings (SSSR count). The van der Waals surface area contributed by atoms with E-state index >= 15 is 0 Å². The topological polar surface area (TPSA) is 114 Å². The molecule has 0 bridgehead atoms. The third-order valence-electron chi connectivity index (χ3n) is 4.71. The zero-order chi connectivity index (χ0) is 22.6. The van der Waals surface area contributed by atoms with Gasteiger partial charge in [0.2, 0.25) is 10.0 Å². The number of anilines is 1. The Kier molecular flexibility index (Phi) is 6.97. The van der Waals surface area contributed by atoms with Crippen LogP contribution in [0.4, 0.5) is 5.69 Å². The maximum Gasteiger partial charge on any atom is 0.255 e. The molecular formula is C22H27N3O5S. The third kappa shape index (κ3) is 5.83. The van der Waals surface area contributed by atoms with Crippen molar-refractivity contribution in [2.75, 3.05) is 19.0 Å². The van der Waals surface area contributed by atoms with Gasteiger partial charge < -0.3 is 15.4 Å². The summed E-state index contributed by atoms with van der Waals surface area (Å²) >= 11 is 0. The van der Waals surface area contributed by atoms with E-state index in [9.17, 15) is 18.0 Å². The van der Waals surface area contributed by atoms with E-state index in [1.165, 1.54) is 25.3 Å². The first-order chi connectivity index (χ1) is 14.7. The van der Waals surface area contributed by atoms with E-state index in [1.54, 1.807) is 24.3 Å². The summed E-state index contributed by atoms with van der Waals surface area (Å²) in [6, 6.07) is 10.8. The second-order valence-electron chi connectivity index (χ2n) is 7.86. The standard InChI is InChI=1S/C22H27N3O5S/c1-14(2)13-23-22(27)17-6-4-5-7-18(17)24-21(26)15-8-11-19(30-3)20(12-15)31(28,29)25-16-9-10-16/h4-8,11-12,14,16,25H,9-10,13H2,1-3H3,(H,23,27)(H,24,26). The maximum atomic E-state index is 12.9. The fraction of sp³-hybridized carbons (Fsp3) is 0.364. The quantitative estimate of drug-likeness (QED) is 0.549.